The van der Waals surface area contributed by atoms with Crippen molar-refractivity contribution in [3.05, 3.63) is 29.0 Å². The lowest BCUT2D eigenvalue weighted by Crippen LogP contribution is -2.32. The molecule has 2 aromatic rings. The zero-order valence-corrected chi connectivity index (χ0v) is 12.4. The monoisotopic (exact) mass is 290 g/mol. The van der Waals surface area contributed by atoms with Crippen LogP contribution >= 0.6 is 11.3 Å². The minimum Gasteiger partial charge on any atom is -0.440 e. The van der Waals surface area contributed by atoms with Crippen LogP contribution < -0.4 is 0 Å². The standard InChI is InChI=1S/C15H18N2O2S/c1-11-13(15(18)17-8-4-2-3-5-9-17)16-14(19-11)12-7-6-10-20-12/h6-7,10H,2-5,8-9H2,1H3. The number of hydrogen-bond acceptors (Lipinski definition) is 4. The van der Waals surface area contributed by atoms with E-state index in [0.717, 1.165) is 30.8 Å². The van der Waals surface area contributed by atoms with Crippen LogP contribution in [0, 0.1) is 6.92 Å². The second-order valence-electron chi connectivity index (χ2n) is 5.11. The molecule has 0 bridgehead atoms. The lowest BCUT2D eigenvalue weighted by molar-refractivity contribution is 0.0754. The number of thiophene rings is 1. The Hall–Kier alpha value is -1.62. The van der Waals surface area contributed by atoms with Gasteiger partial charge in [0.2, 0.25) is 5.89 Å². The Balaban J connectivity index is 1.84. The van der Waals surface area contributed by atoms with Gasteiger partial charge in [0.15, 0.2) is 5.69 Å². The van der Waals surface area contributed by atoms with Crippen molar-refractivity contribution >= 4 is 17.2 Å². The van der Waals surface area contributed by atoms with Crippen LogP contribution in [0.15, 0.2) is 21.9 Å². The molecule has 106 valence electrons. The number of aromatic nitrogens is 1. The Morgan fingerprint density at radius 1 is 1.30 bits per heavy atom. The Morgan fingerprint density at radius 2 is 2.05 bits per heavy atom. The third kappa shape index (κ3) is 2.63. The van der Waals surface area contributed by atoms with Crippen LogP contribution in [0.1, 0.15) is 41.9 Å². The van der Waals surface area contributed by atoms with Crippen molar-refractivity contribution in [2.24, 2.45) is 0 Å². The molecule has 0 unspecified atom stereocenters. The average molecular weight is 290 g/mol. The molecule has 3 heterocycles. The molecule has 3 rings (SSSR count). The molecule has 20 heavy (non-hydrogen) atoms. The molecule has 1 amide bonds. The summed E-state index contributed by atoms with van der Waals surface area (Å²) in [7, 11) is 0. The smallest absolute Gasteiger partial charge is 0.276 e. The van der Waals surface area contributed by atoms with Gasteiger partial charge in [-0.2, -0.15) is 0 Å². The molecular formula is C15H18N2O2S. The van der Waals surface area contributed by atoms with E-state index in [-0.39, 0.29) is 5.91 Å². The number of likely N-dealkylation sites (tertiary alicyclic amines) is 1. The van der Waals surface area contributed by atoms with Gasteiger partial charge >= 0.3 is 0 Å². The van der Waals surface area contributed by atoms with E-state index in [2.05, 4.69) is 4.98 Å². The highest BCUT2D eigenvalue weighted by Crippen LogP contribution is 2.26. The minimum atomic E-state index is 0.0101. The van der Waals surface area contributed by atoms with E-state index < -0.39 is 0 Å². The Morgan fingerprint density at radius 3 is 2.70 bits per heavy atom. The van der Waals surface area contributed by atoms with E-state index in [1.54, 1.807) is 11.3 Å². The largest absolute Gasteiger partial charge is 0.440 e. The quantitative estimate of drug-likeness (QED) is 0.846. The van der Waals surface area contributed by atoms with Gasteiger partial charge in [-0.05, 0) is 31.2 Å². The Bertz CT molecular complexity index is 581. The van der Waals surface area contributed by atoms with Crippen molar-refractivity contribution in [2.75, 3.05) is 13.1 Å². The molecule has 1 saturated heterocycles. The van der Waals surface area contributed by atoms with Gasteiger partial charge in [0.1, 0.15) is 5.76 Å². The van der Waals surface area contributed by atoms with Crippen LogP contribution in [0.25, 0.3) is 10.8 Å². The zero-order chi connectivity index (χ0) is 13.9. The fourth-order valence-electron chi connectivity index (χ4n) is 2.52. The van der Waals surface area contributed by atoms with Gasteiger partial charge in [-0.25, -0.2) is 4.98 Å². The fourth-order valence-corrected chi connectivity index (χ4v) is 3.17. The number of rotatable bonds is 2. The fraction of sp³-hybridized carbons (Fsp3) is 0.467. The Labute approximate surface area is 122 Å². The van der Waals surface area contributed by atoms with Crippen molar-refractivity contribution in [1.29, 1.82) is 0 Å². The minimum absolute atomic E-state index is 0.0101. The Kier molecular flexibility index (Phi) is 3.87. The van der Waals surface area contributed by atoms with Gasteiger partial charge < -0.3 is 9.32 Å². The third-order valence-electron chi connectivity index (χ3n) is 3.62. The van der Waals surface area contributed by atoms with E-state index >= 15 is 0 Å². The molecule has 1 fully saturated rings. The maximum atomic E-state index is 12.6. The molecule has 0 spiro atoms. The third-order valence-corrected chi connectivity index (χ3v) is 4.48. The number of amides is 1. The number of carbonyl (C=O) groups excluding carboxylic acids is 1. The van der Waals surface area contributed by atoms with E-state index in [0.29, 0.717) is 17.3 Å². The molecule has 0 saturated carbocycles. The summed E-state index contributed by atoms with van der Waals surface area (Å²) in [5, 5.41) is 1.98. The van der Waals surface area contributed by atoms with Gasteiger partial charge in [0, 0.05) is 13.1 Å². The molecule has 0 aliphatic carbocycles. The van der Waals surface area contributed by atoms with Crippen molar-refractivity contribution in [3.63, 3.8) is 0 Å². The normalized spacial score (nSPS) is 16.1. The van der Waals surface area contributed by atoms with Crippen molar-refractivity contribution < 1.29 is 9.21 Å². The van der Waals surface area contributed by atoms with Crippen molar-refractivity contribution in [2.45, 2.75) is 32.6 Å². The molecule has 5 heteroatoms. The molecular weight excluding hydrogens is 272 g/mol. The molecule has 1 aliphatic rings. The van der Waals surface area contributed by atoms with E-state index in [9.17, 15) is 4.79 Å². The summed E-state index contributed by atoms with van der Waals surface area (Å²) in [5.74, 6) is 1.18. The predicted octanol–water partition coefficient (Wildman–Crippen LogP) is 3.73. The average Bonchev–Trinajstić information content (AvgIpc) is 3.01. The highest BCUT2D eigenvalue weighted by Gasteiger charge is 2.24. The number of carbonyl (C=O) groups is 1. The predicted molar refractivity (Wildman–Crippen MR) is 78.9 cm³/mol. The molecule has 1 aliphatic heterocycles. The lowest BCUT2D eigenvalue weighted by atomic mass is 10.2. The van der Waals surface area contributed by atoms with Crippen LogP contribution in [0.5, 0.6) is 0 Å². The summed E-state index contributed by atoms with van der Waals surface area (Å²) in [4.78, 5) is 19.8. The first-order chi connectivity index (χ1) is 9.75. The molecule has 0 N–H and O–H groups in total. The van der Waals surface area contributed by atoms with Gasteiger partial charge in [-0.15, -0.1) is 11.3 Å². The van der Waals surface area contributed by atoms with Crippen LogP contribution in [0.2, 0.25) is 0 Å². The number of oxazole rings is 1. The van der Waals surface area contributed by atoms with Gasteiger partial charge in [-0.3, -0.25) is 4.79 Å². The maximum Gasteiger partial charge on any atom is 0.276 e. The number of hydrogen-bond donors (Lipinski definition) is 0. The topological polar surface area (TPSA) is 46.3 Å². The van der Waals surface area contributed by atoms with Crippen LogP contribution in [0.4, 0.5) is 0 Å². The summed E-state index contributed by atoms with van der Waals surface area (Å²) in [6.07, 6.45) is 4.59. The zero-order valence-electron chi connectivity index (χ0n) is 11.6. The summed E-state index contributed by atoms with van der Waals surface area (Å²) < 4.78 is 5.65. The highest BCUT2D eigenvalue weighted by atomic mass is 32.1. The van der Waals surface area contributed by atoms with Crippen LogP contribution in [-0.4, -0.2) is 28.9 Å². The summed E-state index contributed by atoms with van der Waals surface area (Å²) in [6, 6.07) is 3.91. The molecule has 4 nitrogen and oxygen atoms in total. The van der Waals surface area contributed by atoms with Crippen LogP contribution in [0.3, 0.4) is 0 Å². The summed E-state index contributed by atoms with van der Waals surface area (Å²) in [5.41, 5.74) is 0.468. The second kappa shape index (κ2) is 5.79. The molecule has 0 aromatic carbocycles. The number of aryl methyl sites for hydroxylation is 1. The summed E-state index contributed by atoms with van der Waals surface area (Å²) >= 11 is 1.57. The van der Waals surface area contributed by atoms with Crippen molar-refractivity contribution in [1.82, 2.24) is 9.88 Å². The van der Waals surface area contributed by atoms with Gasteiger partial charge in [0.05, 0.1) is 4.88 Å². The van der Waals surface area contributed by atoms with E-state index in [4.69, 9.17) is 4.42 Å². The van der Waals surface area contributed by atoms with Gasteiger partial charge in [-0.1, -0.05) is 18.9 Å². The van der Waals surface area contributed by atoms with E-state index in [1.165, 1.54) is 12.8 Å². The van der Waals surface area contributed by atoms with E-state index in [1.807, 2.05) is 29.3 Å². The molecule has 2 aromatic heterocycles. The first-order valence-electron chi connectivity index (χ1n) is 7.06. The first-order valence-corrected chi connectivity index (χ1v) is 7.94. The van der Waals surface area contributed by atoms with Crippen LogP contribution in [-0.2, 0) is 0 Å². The maximum absolute atomic E-state index is 12.6. The molecule has 0 radical (unpaired) electrons. The molecule has 0 atom stereocenters. The first kappa shape index (κ1) is 13.4. The summed E-state index contributed by atoms with van der Waals surface area (Å²) in [6.45, 7) is 3.48. The second-order valence-corrected chi connectivity index (χ2v) is 6.06. The SMILES string of the molecule is Cc1oc(-c2cccs2)nc1C(=O)N1CCCCCC1. The highest BCUT2D eigenvalue weighted by molar-refractivity contribution is 7.13. The van der Waals surface area contributed by atoms with Crippen molar-refractivity contribution in [3.8, 4) is 10.8 Å². The lowest BCUT2D eigenvalue weighted by Gasteiger charge is -2.18. The van der Waals surface area contributed by atoms with Gasteiger partial charge in [0.25, 0.3) is 5.91 Å². The number of nitrogens with zero attached hydrogens (tertiary/aromatic N) is 2.